The number of likely N-dealkylation sites (tertiary alicyclic amines) is 2. The number of aromatic nitrogens is 4. The maximum absolute atomic E-state index is 14.6. The van der Waals surface area contributed by atoms with E-state index in [9.17, 15) is 19.2 Å². The van der Waals surface area contributed by atoms with Crippen LogP contribution in [0.5, 0.6) is 11.5 Å². The minimum Gasteiger partial charge on any atom is -0.488 e. The van der Waals surface area contributed by atoms with Gasteiger partial charge in [-0.3, -0.25) is 9.59 Å². The number of carbonyl (C=O) groups is 4. The van der Waals surface area contributed by atoms with E-state index < -0.39 is 24.3 Å². The summed E-state index contributed by atoms with van der Waals surface area (Å²) in [4.78, 5) is 74.9. The summed E-state index contributed by atoms with van der Waals surface area (Å²) in [6, 6.07) is 6.05. The summed E-state index contributed by atoms with van der Waals surface area (Å²) in [5.74, 6) is 2.37. The molecule has 4 aromatic rings. The van der Waals surface area contributed by atoms with Gasteiger partial charge in [-0.25, -0.2) is 19.6 Å². The molecule has 12 atom stereocenters. The number of hydrogen-bond donors (Lipinski definition) is 4. The summed E-state index contributed by atoms with van der Waals surface area (Å²) in [5, 5.41) is 5.77. The molecule has 2 aromatic carbocycles. The highest BCUT2D eigenvalue weighted by molar-refractivity contribution is 5.90. The normalized spacial score (nSPS) is 28.7. The largest absolute Gasteiger partial charge is 0.488 e. The monoisotopic (exact) mass is 962 g/mol. The predicted molar refractivity (Wildman–Crippen MR) is 256 cm³/mol. The molecule has 4 N–H and O–H groups in total. The van der Waals surface area contributed by atoms with Gasteiger partial charge in [0, 0.05) is 45.5 Å². The van der Waals surface area contributed by atoms with Crippen LogP contribution in [0.2, 0.25) is 0 Å². The molecule has 4 fully saturated rings. The number of amides is 4. The van der Waals surface area contributed by atoms with Crippen LogP contribution in [0.25, 0.3) is 33.6 Å². The van der Waals surface area contributed by atoms with Crippen molar-refractivity contribution in [2.75, 3.05) is 14.2 Å². The third-order valence-electron chi connectivity index (χ3n) is 15.5. The second-order valence-electron chi connectivity index (χ2n) is 20.5. The van der Waals surface area contributed by atoms with Gasteiger partial charge in [-0.15, -0.1) is 0 Å². The van der Waals surface area contributed by atoms with Crippen LogP contribution in [-0.4, -0.2) is 117 Å². The van der Waals surface area contributed by atoms with Crippen LogP contribution in [0.3, 0.4) is 0 Å². The van der Waals surface area contributed by atoms with Gasteiger partial charge in [0.05, 0.1) is 74.5 Å². The Balaban J connectivity index is 0.877. The number of benzene rings is 2. The molecule has 0 aliphatic carbocycles. The van der Waals surface area contributed by atoms with Crippen molar-refractivity contribution in [1.82, 2.24) is 40.4 Å². The summed E-state index contributed by atoms with van der Waals surface area (Å²) < 4.78 is 35.0. The number of methoxy groups -OCH3 is 2. The third kappa shape index (κ3) is 8.97. The average molecular weight is 963 g/mol. The van der Waals surface area contributed by atoms with Crippen LogP contribution < -0.4 is 20.1 Å². The van der Waals surface area contributed by atoms with Crippen molar-refractivity contribution in [1.29, 1.82) is 0 Å². The minimum absolute atomic E-state index is 0.0399. The average Bonchev–Trinajstić information content (AvgIpc) is 4.17. The zero-order valence-corrected chi connectivity index (χ0v) is 41.3. The first-order valence-corrected chi connectivity index (χ1v) is 25.0. The second kappa shape index (κ2) is 19.2. The highest BCUT2D eigenvalue weighted by Gasteiger charge is 2.46. The molecule has 4 amide bonds. The van der Waals surface area contributed by atoms with Crippen LogP contribution in [-0.2, 0) is 41.8 Å². The fourth-order valence-electron chi connectivity index (χ4n) is 12.5. The van der Waals surface area contributed by atoms with Gasteiger partial charge >= 0.3 is 12.2 Å². The van der Waals surface area contributed by atoms with Gasteiger partial charge in [0.25, 0.3) is 0 Å². The summed E-state index contributed by atoms with van der Waals surface area (Å²) in [7, 11) is 2.62. The molecule has 4 saturated heterocycles. The van der Waals surface area contributed by atoms with Crippen LogP contribution in [0.1, 0.15) is 128 Å². The zero-order valence-electron chi connectivity index (χ0n) is 41.3. The number of carbonyl (C=O) groups excluding carboxylic acids is 4. The molecule has 374 valence electrons. The van der Waals surface area contributed by atoms with Crippen molar-refractivity contribution < 1.29 is 47.6 Å². The first-order valence-electron chi connectivity index (χ1n) is 25.0. The Hall–Kier alpha value is -6.14. The molecule has 18 heteroatoms. The van der Waals surface area contributed by atoms with Gasteiger partial charge < -0.3 is 58.8 Å². The fourth-order valence-corrected chi connectivity index (χ4v) is 12.5. The van der Waals surface area contributed by atoms with Gasteiger partial charge in [-0.05, 0) is 129 Å². The Morgan fingerprint density at radius 3 is 1.36 bits per heavy atom. The topological polar surface area (TPSA) is 212 Å². The molecule has 8 heterocycles. The zero-order chi connectivity index (χ0) is 49.1. The van der Waals surface area contributed by atoms with Crippen molar-refractivity contribution in [2.24, 2.45) is 11.8 Å². The van der Waals surface area contributed by atoms with E-state index >= 15 is 0 Å². The molecular formula is C52H66N8O10. The van der Waals surface area contributed by atoms with Crippen molar-refractivity contribution in [2.45, 2.75) is 167 Å². The summed E-state index contributed by atoms with van der Waals surface area (Å²) in [5.41, 5.74) is 7.35. The van der Waals surface area contributed by atoms with Crippen molar-refractivity contribution in [3.63, 3.8) is 0 Å². The Kier molecular flexibility index (Phi) is 13.1. The van der Waals surface area contributed by atoms with Crippen LogP contribution in [0.15, 0.2) is 36.7 Å². The molecule has 0 radical (unpaired) electrons. The van der Waals surface area contributed by atoms with Gasteiger partial charge in [0.1, 0.15) is 48.4 Å². The van der Waals surface area contributed by atoms with E-state index in [-0.39, 0.29) is 72.2 Å². The molecule has 18 nitrogen and oxygen atoms in total. The quantitative estimate of drug-likeness (QED) is 0.120. The Morgan fingerprint density at radius 2 is 0.986 bits per heavy atom. The number of imidazole rings is 2. The molecule has 0 bridgehead atoms. The minimum atomic E-state index is -0.761. The second-order valence-corrected chi connectivity index (χ2v) is 20.5. The van der Waals surface area contributed by atoms with E-state index in [4.69, 9.17) is 38.4 Å². The number of ether oxygens (including phenoxy) is 6. The smallest absolute Gasteiger partial charge is 0.407 e. The highest BCUT2D eigenvalue weighted by atomic mass is 16.5. The van der Waals surface area contributed by atoms with Crippen molar-refractivity contribution in [3.8, 4) is 45.1 Å². The molecule has 2 aromatic heterocycles. The van der Waals surface area contributed by atoms with Crippen molar-refractivity contribution in [3.05, 3.63) is 59.4 Å². The summed E-state index contributed by atoms with van der Waals surface area (Å²) >= 11 is 0. The van der Waals surface area contributed by atoms with E-state index in [0.717, 1.165) is 82.0 Å². The van der Waals surface area contributed by atoms with Gasteiger partial charge in [0.15, 0.2) is 0 Å². The van der Waals surface area contributed by atoms with E-state index in [1.54, 1.807) is 0 Å². The van der Waals surface area contributed by atoms with Crippen LogP contribution in [0.4, 0.5) is 9.59 Å². The maximum atomic E-state index is 14.6. The number of rotatable bonds is 10. The first kappa shape index (κ1) is 47.5. The Bertz CT molecular complexity index is 2400. The number of alkyl carbamates (subject to hydrolysis) is 2. The number of nitrogens with zero attached hydrogens (tertiary/aromatic N) is 4. The summed E-state index contributed by atoms with van der Waals surface area (Å²) in [6.07, 6.45) is 7.83. The molecular weight excluding hydrogens is 897 g/mol. The highest BCUT2D eigenvalue weighted by Crippen LogP contribution is 2.51. The van der Waals surface area contributed by atoms with Gasteiger partial charge in [-0.2, -0.15) is 0 Å². The van der Waals surface area contributed by atoms with E-state index in [1.807, 2.05) is 75.9 Å². The third-order valence-corrected chi connectivity index (χ3v) is 15.5. The molecule has 2 unspecified atom stereocenters. The number of H-pyrrole nitrogens is 2. The number of hydrogen-bond acceptors (Lipinski definition) is 12. The lowest BCUT2D eigenvalue weighted by atomic mass is 9.85. The lowest BCUT2D eigenvalue weighted by molar-refractivity contribution is -0.141. The SMILES string of the molecule is COC(=O)N[C@H](C(=O)N1[C@@H](C)CC[C@H]1c1ncc(-c2cc3c4c(c2)OCc2cc(-c5cnc([C@@H]6CC[C@H](C)N6C(=O)[C@@H](NC(=O)OC)C6C[C@@H](C)O[C@@H](C)C6)[nH]5)cc(c2-4)OC3)[nH]1)C1C[C@@H](C)O[C@@H](C)C1. The fraction of sp³-hybridized carbons (Fsp3) is 0.577. The standard InChI is InChI=1S/C52H66N8O10/c1-25-9-11-39(59(25)49(61)45(57-51(63)65-7)33-13-27(3)69-28(4)14-33)47-53-21-37(55-47)31-17-35-23-68-42-20-32(18-36-24-67-41(19-31)43(35)44(36)42)38-22-54-48(56-38)40-12-10-26(2)60(40)50(62)46(58-52(64)66-8)34-15-29(5)70-30(6)16-34/h17-22,25-30,33-34,39-40,45-46H,9-16,23-24H2,1-8H3,(H,53,55)(H,54,56)(H,57,63)(H,58,64)/t25-,26-,27-,28+,29-,30+,33?,34?,39-,40-,45-,46-/m0/s1. The lowest BCUT2D eigenvalue weighted by Crippen LogP contribution is -2.55. The number of nitrogens with one attached hydrogen (secondary N) is 4. The van der Waals surface area contributed by atoms with E-state index in [0.29, 0.717) is 50.5 Å². The predicted octanol–water partition coefficient (Wildman–Crippen LogP) is 7.88. The van der Waals surface area contributed by atoms with Gasteiger partial charge in [0.2, 0.25) is 11.8 Å². The lowest BCUT2D eigenvalue weighted by Gasteiger charge is -2.39. The van der Waals surface area contributed by atoms with Gasteiger partial charge in [-0.1, -0.05) is 0 Å². The van der Waals surface area contributed by atoms with E-state index in [2.05, 4.69) is 32.7 Å². The van der Waals surface area contributed by atoms with E-state index in [1.165, 1.54) is 14.2 Å². The van der Waals surface area contributed by atoms with Crippen molar-refractivity contribution >= 4 is 24.0 Å². The van der Waals surface area contributed by atoms with Crippen LogP contribution in [0, 0.1) is 11.8 Å². The van der Waals surface area contributed by atoms with Crippen LogP contribution >= 0.6 is 0 Å². The molecule has 6 aliphatic rings. The Morgan fingerprint density at radius 1 is 0.600 bits per heavy atom. The molecule has 0 saturated carbocycles. The summed E-state index contributed by atoms with van der Waals surface area (Å²) in [6.45, 7) is 12.8. The maximum Gasteiger partial charge on any atom is 0.407 e. The molecule has 6 aliphatic heterocycles. The molecule has 10 rings (SSSR count). The molecule has 0 spiro atoms. The molecule has 70 heavy (non-hydrogen) atoms. The first-order chi connectivity index (χ1) is 33.7. The number of aromatic amines is 2. The Labute approximate surface area is 408 Å².